The van der Waals surface area contributed by atoms with Crippen LogP contribution in [0.1, 0.15) is 15.9 Å². The first-order valence-corrected chi connectivity index (χ1v) is 6.29. The Kier molecular flexibility index (Phi) is 3.11. The standard InChI is InChI=1S/C8H10ClNO4S/c1-5-6(8(11)14-3)4-10(2)7(5)15(9,12)13/h4H,1-3H3. The van der Waals surface area contributed by atoms with Crippen LogP contribution in [-0.4, -0.2) is 26.1 Å². The average molecular weight is 252 g/mol. The Morgan fingerprint density at radius 3 is 2.40 bits per heavy atom. The molecule has 1 aromatic rings. The molecule has 0 aliphatic rings. The first-order valence-electron chi connectivity index (χ1n) is 3.98. The lowest BCUT2D eigenvalue weighted by atomic mass is 10.2. The molecule has 7 heteroatoms. The molecule has 1 aromatic heterocycles. The molecule has 0 saturated carbocycles. The molecule has 84 valence electrons. The van der Waals surface area contributed by atoms with Crippen molar-refractivity contribution in [3.05, 3.63) is 17.3 Å². The summed E-state index contributed by atoms with van der Waals surface area (Å²) in [6.45, 7) is 1.50. The van der Waals surface area contributed by atoms with Crippen molar-refractivity contribution in [3.63, 3.8) is 0 Å². The molecule has 0 aliphatic carbocycles. The molecule has 1 rings (SSSR count). The highest BCUT2D eigenvalue weighted by Gasteiger charge is 2.24. The Balaban J connectivity index is 3.47. The van der Waals surface area contributed by atoms with Gasteiger partial charge in [-0.25, -0.2) is 13.2 Å². The van der Waals surface area contributed by atoms with Gasteiger partial charge in [-0.2, -0.15) is 0 Å². The fraction of sp³-hybridized carbons (Fsp3) is 0.375. The summed E-state index contributed by atoms with van der Waals surface area (Å²) in [6, 6.07) is 0. The smallest absolute Gasteiger partial charge is 0.339 e. The molecule has 0 bridgehead atoms. The highest BCUT2D eigenvalue weighted by atomic mass is 35.7. The molecular weight excluding hydrogens is 242 g/mol. The van der Waals surface area contributed by atoms with Crippen molar-refractivity contribution in [2.75, 3.05) is 7.11 Å². The summed E-state index contributed by atoms with van der Waals surface area (Å²) >= 11 is 0. The lowest BCUT2D eigenvalue weighted by Crippen LogP contribution is -2.02. The summed E-state index contributed by atoms with van der Waals surface area (Å²) in [5.41, 5.74) is 0.485. The van der Waals surface area contributed by atoms with E-state index < -0.39 is 15.0 Å². The number of nitrogens with zero attached hydrogens (tertiary/aromatic N) is 1. The molecule has 1 heterocycles. The zero-order chi connectivity index (χ0) is 11.8. The number of halogens is 1. The van der Waals surface area contributed by atoms with Gasteiger partial charge in [-0.05, 0) is 6.92 Å². The molecule has 0 spiro atoms. The monoisotopic (exact) mass is 251 g/mol. The molecule has 0 amide bonds. The van der Waals surface area contributed by atoms with Gasteiger partial charge >= 0.3 is 5.97 Å². The molecule has 0 aromatic carbocycles. The SMILES string of the molecule is COC(=O)c1cn(C)c(S(=O)(=O)Cl)c1C. The molecule has 0 aliphatic heterocycles. The Morgan fingerprint density at radius 1 is 1.53 bits per heavy atom. The van der Waals surface area contributed by atoms with E-state index in [2.05, 4.69) is 4.74 Å². The number of carbonyl (C=O) groups is 1. The van der Waals surface area contributed by atoms with E-state index in [1.807, 2.05) is 0 Å². The number of hydrogen-bond donors (Lipinski definition) is 0. The number of methoxy groups -OCH3 is 1. The van der Waals surface area contributed by atoms with Crippen LogP contribution in [0.25, 0.3) is 0 Å². The lowest BCUT2D eigenvalue weighted by Gasteiger charge is -1.99. The zero-order valence-electron chi connectivity index (χ0n) is 8.44. The topological polar surface area (TPSA) is 65.4 Å². The molecule has 0 radical (unpaired) electrons. The normalized spacial score (nSPS) is 11.5. The average Bonchev–Trinajstić information content (AvgIpc) is 2.39. The van der Waals surface area contributed by atoms with Crippen LogP contribution in [0.5, 0.6) is 0 Å². The minimum absolute atomic E-state index is 0.0930. The van der Waals surface area contributed by atoms with E-state index in [0.29, 0.717) is 5.56 Å². The minimum atomic E-state index is -3.86. The van der Waals surface area contributed by atoms with Crippen LogP contribution in [0.2, 0.25) is 0 Å². The summed E-state index contributed by atoms with van der Waals surface area (Å²) in [7, 11) is 4.09. The summed E-state index contributed by atoms with van der Waals surface area (Å²) in [5, 5.41) is -0.0930. The van der Waals surface area contributed by atoms with E-state index in [4.69, 9.17) is 10.7 Å². The van der Waals surface area contributed by atoms with Gasteiger partial charge in [0.2, 0.25) is 0 Å². The maximum Gasteiger partial charge on any atom is 0.339 e. The van der Waals surface area contributed by atoms with Gasteiger partial charge in [-0.1, -0.05) is 0 Å². The van der Waals surface area contributed by atoms with E-state index >= 15 is 0 Å². The molecule has 0 saturated heterocycles. The minimum Gasteiger partial charge on any atom is -0.465 e. The Bertz CT molecular complexity index is 503. The second-order valence-electron chi connectivity index (χ2n) is 3.01. The molecule has 5 nitrogen and oxygen atoms in total. The van der Waals surface area contributed by atoms with Crippen LogP contribution < -0.4 is 0 Å². The van der Waals surface area contributed by atoms with E-state index in [1.165, 1.54) is 31.8 Å². The van der Waals surface area contributed by atoms with E-state index in [1.54, 1.807) is 0 Å². The number of aromatic nitrogens is 1. The van der Waals surface area contributed by atoms with Crippen LogP contribution >= 0.6 is 10.7 Å². The quantitative estimate of drug-likeness (QED) is 0.582. The van der Waals surface area contributed by atoms with Gasteiger partial charge < -0.3 is 9.30 Å². The Hall–Kier alpha value is -1.01. The van der Waals surface area contributed by atoms with Gasteiger partial charge in [0.1, 0.15) is 0 Å². The Morgan fingerprint density at radius 2 is 2.07 bits per heavy atom. The number of hydrogen-bond acceptors (Lipinski definition) is 4. The molecule has 0 N–H and O–H groups in total. The third-order valence-corrected chi connectivity index (χ3v) is 3.50. The summed E-state index contributed by atoms with van der Waals surface area (Å²) < 4.78 is 28.2. The van der Waals surface area contributed by atoms with Crippen LogP contribution in [0.4, 0.5) is 0 Å². The van der Waals surface area contributed by atoms with E-state index in [-0.39, 0.29) is 10.6 Å². The zero-order valence-corrected chi connectivity index (χ0v) is 10.0. The number of aryl methyl sites for hydroxylation is 1. The van der Waals surface area contributed by atoms with Crippen LogP contribution in [-0.2, 0) is 20.8 Å². The molecule has 0 unspecified atom stereocenters. The second-order valence-corrected chi connectivity index (χ2v) is 5.49. The molecule has 15 heavy (non-hydrogen) atoms. The van der Waals surface area contributed by atoms with Gasteiger partial charge in [-0.3, -0.25) is 0 Å². The highest BCUT2D eigenvalue weighted by molar-refractivity contribution is 8.13. The number of rotatable bonds is 2. The Labute approximate surface area is 92.0 Å². The first-order chi connectivity index (χ1) is 6.79. The van der Waals surface area contributed by atoms with Gasteiger partial charge in [0, 0.05) is 29.5 Å². The maximum absolute atomic E-state index is 11.3. The first kappa shape index (κ1) is 12.1. The number of ether oxygens (including phenoxy) is 1. The second kappa shape index (κ2) is 3.86. The lowest BCUT2D eigenvalue weighted by molar-refractivity contribution is 0.0600. The summed E-state index contributed by atoms with van der Waals surface area (Å²) in [5.74, 6) is -0.588. The largest absolute Gasteiger partial charge is 0.465 e. The fourth-order valence-corrected chi connectivity index (χ4v) is 2.95. The molecule has 0 fully saturated rings. The van der Waals surface area contributed by atoms with Crippen molar-refractivity contribution in [1.29, 1.82) is 0 Å². The van der Waals surface area contributed by atoms with Crippen molar-refractivity contribution in [3.8, 4) is 0 Å². The third kappa shape index (κ3) is 2.15. The van der Waals surface area contributed by atoms with E-state index in [9.17, 15) is 13.2 Å². The summed E-state index contributed by atoms with van der Waals surface area (Å²) in [4.78, 5) is 11.3. The predicted octanol–water partition coefficient (Wildman–Crippen LogP) is 1.05. The van der Waals surface area contributed by atoms with Gasteiger partial charge in [0.25, 0.3) is 9.05 Å². The molecular formula is C8H10ClNO4S. The van der Waals surface area contributed by atoms with E-state index in [0.717, 1.165) is 0 Å². The van der Waals surface area contributed by atoms with Crippen molar-refractivity contribution >= 4 is 25.7 Å². The fourth-order valence-electron chi connectivity index (χ4n) is 1.40. The van der Waals surface area contributed by atoms with Gasteiger partial charge in [0.05, 0.1) is 12.7 Å². The van der Waals surface area contributed by atoms with Crippen molar-refractivity contribution in [2.24, 2.45) is 7.05 Å². The molecule has 0 atom stereocenters. The van der Waals surface area contributed by atoms with Crippen LogP contribution in [0, 0.1) is 6.92 Å². The van der Waals surface area contributed by atoms with Crippen molar-refractivity contribution in [1.82, 2.24) is 4.57 Å². The number of esters is 1. The van der Waals surface area contributed by atoms with Crippen LogP contribution in [0.3, 0.4) is 0 Å². The van der Waals surface area contributed by atoms with Gasteiger partial charge in [0.15, 0.2) is 5.03 Å². The van der Waals surface area contributed by atoms with Crippen molar-refractivity contribution < 1.29 is 17.9 Å². The van der Waals surface area contributed by atoms with Crippen molar-refractivity contribution in [2.45, 2.75) is 11.9 Å². The van der Waals surface area contributed by atoms with Crippen LogP contribution in [0.15, 0.2) is 11.2 Å². The highest BCUT2D eigenvalue weighted by Crippen LogP contribution is 2.24. The number of carbonyl (C=O) groups excluding carboxylic acids is 1. The summed E-state index contributed by atoms with van der Waals surface area (Å²) in [6.07, 6.45) is 1.37. The van der Waals surface area contributed by atoms with Gasteiger partial charge in [-0.15, -0.1) is 0 Å². The maximum atomic E-state index is 11.3. The predicted molar refractivity (Wildman–Crippen MR) is 54.5 cm³/mol. The third-order valence-electron chi connectivity index (χ3n) is 2.00.